The summed E-state index contributed by atoms with van der Waals surface area (Å²) in [5, 5.41) is 1.48. The van der Waals surface area contributed by atoms with Crippen LogP contribution >= 0.6 is 0 Å². The van der Waals surface area contributed by atoms with Gasteiger partial charge in [0.2, 0.25) is 0 Å². The number of pyridine rings is 1. The Labute approximate surface area is 160 Å². The Morgan fingerprint density at radius 3 is 3.04 bits per heavy atom. The molecule has 0 N–H and O–H groups in total. The van der Waals surface area contributed by atoms with E-state index in [0.717, 1.165) is 19.3 Å². The van der Waals surface area contributed by atoms with Gasteiger partial charge in [-0.3, -0.25) is 9.88 Å². The van der Waals surface area contributed by atoms with Gasteiger partial charge in [0.25, 0.3) is 0 Å². The van der Waals surface area contributed by atoms with Crippen LogP contribution in [0.25, 0.3) is 22.7 Å². The van der Waals surface area contributed by atoms with Crippen LogP contribution < -0.4 is 0 Å². The van der Waals surface area contributed by atoms with Crippen LogP contribution in [-0.4, -0.2) is 27.5 Å². The lowest BCUT2D eigenvalue weighted by Gasteiger charge is -2.30. The highest BCUT2D eigenvalue weighted by Crippen LogP contribution is 2.44. The molecule has 2 aliphatic heterocycles. The lowest BCUT2D eigenvalue weighted by Crippen LogP contribution is -2.31. The Hall–Kier alpha value is -2.39. The minimum Gasteiger partial charge on any atom is -0.320 e. The fourth-order valence-electron chi connectivity index (χ4n) is 5.58. The van der Waals surface area contributed by atoms with Crippen molar-refractivity contribution < 1.29 is 0 Å². The largest absolute Gasteiger partial charge is 0.320 e. The van der Waals surface area contributed by atoms with E-state index in [1.807, 2.05) is 12.4 Å². The predicted octanol–water partition coefficient (Wildman–Crippen LogP) is 4.98. The van der Waals surface area contributed by atoms with E-state index in [1.54, 1.807) is 11.3 Å². The van der Waals surface area contributed by atoms with Gasteiger partial charge in [-0.25, -0.2) is 0 Å². The van der Waals surface area contributed by atoms with Crippen LogP contribution in [0.5, 0.6) is 0 Å². The van der Waals surface area contributed by atoms with E-state index in [2.05, 4.69) is 51.8 Å². The lowest BCUT2D eigenvalue weighted by molar-refractivity contribution is 0.243. The Morgan fingerprint density at radius 1 is 1.11 bits per heavy atom. The first kappa shape index (κ1) is 15.6. The fraction of sp³-hybridized carbons (Fsp3) is 0.375. The highest BCUT2D eigenvalue weighted by atomic mass is 15.2. The molecule has 4 heterocycles. The molecule has 1 atom stereocenters. The monoisotopic (exact) mass is 355 g/mol. The maximum absolute atomic E-state index is 4.31. The van der Waals surface area contributed by atoms with Crippen LogP contribution in [0.1, 0.15) is 53.3 Å². The van der Waals surface area contributed by atoms with Crippen LogP contribution in [0.4, 0.5) is 0 Å². The first-order chi connectivity index (χ1) is 13.3. The van der Waals surface area contributed by atoms with E-state index < -0.39 is 0 Å². The van der Waals surface area contributed by atoms with Crippen molar-refractivity contribution in [3.8, 4) is 0 Å². The quantitative estimate of drug-likeness (QED) is 0.614. The van der Waals surface area contributed by atoms with Crippen LogP contribution in [0.15, 0.2) is 36.7 Å². The molecule has 0 bridgehead atoms. The second-order valence-corrected chi connectivity index (χ2v) is 8.38. The van der Waals surface area contributed by atoms with Gasteiger partial charge in [0.05, 0.1) is 5.52 Å². The number of aromatic nitrogens is 2. The van der Waals surface area contributed by atoms with Crippen molar-refractivity contribution in [2.24, 2.45) is 0 Å². The van der Waals surface area contributed by atoms with Crippen molar-refractivity contribution in [1.29, 1.82) is 0 Å². The molecule has 2 aromatic heterocycles. The summed E-state index contributed by atoms with van der Waals surface area (Å²) in [4.78, 5) is 7.02. The number of fused-ring (bicyclic) bond motifs is 6. The first-order valence-electron chi connectivity index (χ1n) is 10.3. The van der Waals surface area contributed by atoms with Crippen molar-refractivity contribution in [3.63, 3.8) is 0 Å². The van der Waals surface area contributed by atoms with E-state index >= 15 is 0 Å². The molecule has 0 saturated carbocycles. The molecule has 1 fully saturated rings. The molecule has 1 saturated heterocycles. The zero-order valence-electron chi connectivity index (χ0n) is 15.9. The lowest BCUT2D eigenvalue weighted by atomic mass is 9.95. The average Bonchev–Trinajstić information content (AvgIpc) is 3.38. The van der Waals surface area contributed by atoms with Gasteiger partial charge in [-0.1, -0.05) is 11.6 Å². The van der Waals surface area contributed by atoms with E-state index in [1.165, 1.54) is 59.1 Å². The molecular weight excluding hydrogens is 330 g/mol. The standard InChI is InChI=1S/C24H25N3/c1-16-4-7-21-20(13-16)24-22-3-2-11-26(22)12-9-23(24)27(21)15-18-6-5-17-14-25-10-8-19(17)18/h4,7-8,10,13-15,22H,2-3,5-6,9,11-12H2,1H3/b18-15+. The Bertz CT molecular complexity index is 1090. The summed E-state index contributed by atoms with van der Waals surface area (Å²) in [6.45, 7) is 4.69. The van der Waals surface area contributed by atoms with Crippen molar-refractivity contribution in [1.82, 2.24) is 14.5 Å². The summed E-state index contributed by atoms with van der Waals surface area (Å²) in [5.74, 6) is 0. The summed E-state index contributed by atoms with van der Waals surface area (Å²) in [7, 11) is 0. The molecule has 0 spiro atoms. The van der Waals surface area contributed by atoms with Gasteiger partial charge in [-0.15, -0.1) is 0 Å². The van der Waals surface area contributed by atoms with Gasteiger partial charge in [0, 0.05) is 48.7 Å². The number of hydrogen-bond acceptors (Lipinski definition) is 2. The van der Waals surface area contributed by atoms with E-state index in [0.29, 0.717) is 6.04 Å². The van der Waals surface area contributed by atoms with Crippen molar-refractivity contribution in [2.75, 3.05) is 13.1 Å². The first-order valence-corrected chi connectivity index (χ1v) is 10.3. The number of hydrogen-bond donors (Lipinski definition) is 0. The predicted molar refractivity (Wildman–Crippen MR) is 111 cm³/mol. The number of aryl methyl sites for hydroxylation is 2. The third kappa shape index (κ3) is 2.28. The molecule has 0 amide bonds. The summed E-state index contributed by atoms with van der Waals surface area (Å²) in [5.41, 5.74) is 10.2. The SMILES string of the molecule is Cc1ccc2c(c1)c1c(n2/C=C2\CCc3cnccc32)CCN2CCCC12. The van der Waals surface area contributed by atoms with Gasteiger partial charge in [0.15, 0.2) is 0 Å². The molecule has 3 aliphatic rings. The smallest absolute Gasteiger partial charge is 0.0529 e. The third-order valence-electron chi connectivity index (χ3n) is 6.83. The highest BCUT2D eigenvalue weighted by molar-refractivity contribution is 5.92. The summed E-state index contributed by atoms with van der Waals surface area (Å²) >= 11 is 0. The molecule has 136 valence electrons. The third-order valence-corrected chi connectivity index (χ3v) is 6.83. The van der Waals surface area contributed by atoms with Gasteiger partial charge in [-0.2, -0.15) is 0 Å². The van der Waals surface area contributed by atoms with Crippen molar-refractivity contribution >= 4 is 22.7 Å². The van der Waals surface area contributed by atoms with Crippen LogP contribution in [0.2, 0.25) is 0 Å². The Balaban J connectivity index is 1.59. The van der Waals surface area contributed by atoms with E-state index in [-0.39, 0.29) is 0 Å². The zero-order valence-corrected chi connectivity index (χ0v) is 15.9. The summed E-state index contributed by atoms with van der Waals surface area (Å²) < 4.78 is 2.53. The van der Waals surface area contributed by atoms with Crippen LogP contribution in [0.3, 0.4) is 0 Å². The average molecular weight is 355 g/mol. The van der Waals surface area contributed by atoms with Crippen LogP contribution in [-0.2, 0) is 12.8 Å². The molecule has 1 aliphatic carbocycles. The van der Waals surface area contributed by atoms with E-state index in [4.69, 9.17) is 0 Å². The molecule has 27 heavy (non-hydrogen) atoms. The summed E-state index contributed by atoms with van der Waals surface area (Å²) in [6.07, 6.45) is 12.5. The van der Waals surface area contributed by atoms with Gasteiger partial charge < -0.3 is 4.57 Å². The molecule has 3 aromatic rings. The molecule has 1 unspecified atom stereocenters. The molecule has 3 nitrogen and oxygen atoms in total. The molecule has 3 heteroatoms. The second kappa shape index (κ2) is 5.80. The molecular formula is C24H25N3. The second-order valence-electron chi connectivity index (χ2n) is 8.38. The van der Waals surface area contributed by atoms with Gasteiger partial charge in [0.1, 0.15) is 0 Å². The Morgan fingerprint density at radius 2 is 2.07 bits per heavy atom. The maximum atomic E-state index is 4.31. The van der Waals surface area contributed by atoms with Crippen molar-refractivity contribution in [2.45, 2.75) is 45.1 Å². The molecule has 1 aromatic carbocycles. The number of nitrogens with zero attached hydrogens (tertiary/aromatic N) is 3. The van der Waals surface area contributed by atoms with Crippen LogP contribution in [0, 0.1) is 6.92 Å². The fourth-order valence-corrected chi connectivity index (χ4v) is 5.58. The normalized spacial score (nSPS) is 23.0. The minimum absolute atomic E-state index is 0.623. The van der Waals surface area contributed by atoms with Crippen molar-refractivity contribution in [3.05, 3.63) is 64.6 Å². The van der Waals surface area contributed by atoms with Gasteiger partial charge in [-0.05, 0) is 79.6 Å². The number of benzene rings is 1. The zero-order chi connectivity index (χ0) is 18.0. The van der Waals surface area contributed by atoms with Gasteiger partial charge >= 0.3 is 0 Å². The number of allylic oxidation sites excluding steroid dienone is 1. The number of rotatable bonds is 1. The highest BCUT2D eigenvalue weighted by Gasteiger charge is 2.35. The Kier molecular flexibility index (Phi) is 3.36. The minimum atomic E-state index is 0.623. The maximum Gasteiger partial charge on any atom is 0.0529 e. The molecule has 0 radical (unpaired) electrons. The van der Waals surface area contributed by atoms with E-state index in [9.17, 15) is 0 Å². The summed E-state index contributed by atoms with van der Waals surface area (Å²) in [6, 6.07) is 9.83. The molecule has 6 rings (SSSR count). The topological polar surface area (TPSA) is 21.1 Å².